The zero-order chi connectivity index (χ0) is 13.2. The van der Waals surface area contributed by atoms with Crippen LogP contribution in [0.2, 0.25) is 5.02 Å². The molecule has 0 radical (unpaired) electrons. The first-order valence-electron chi connectivity index (χ1n) is 6.68. The molecule has 1 saturated heterocycles. The smallest absolute Gasteiger partial charge is 0.245 e. The van der Waals surface area contributed by atoms with Gasteiger partial charge < -0.3 is 10.2 Å². The summed E-state index contributed by atoms with van der Waals surface area (Å²) in [6.45, 7) is 3.10. The van der Waals surface area contributed by atoms with Gasteiger partial charge in [0.25, 0.3) is 0 Å². The Kier molecular flexibility index (Phi) is 3.57. The van der Waals surface area contributed by atoms with Gasteiger partial charge in [-0.05, 0) is 44.5 Å². The molecule has 1 unspecified atom stereocenters. The van der Waals surface area contributed by atoms with Crippen molar-refractivity contribution in [1.82, 2.24) is 19.9 Å². The highest BCUT2D eigenvalue weighted by Crippen LogP contribution is 2.21. The van der Waals surface area contributed by atoms with Crippen molar-refractivity contribution in [2.45, 2.75) is 12.8 Å². The summed E-state index contributed by atoms with van der Waals surface area (Å²) in [5.74, 6) is 1.48. The van der Waals surface area contributed by atoms with Crippen molar-refractivity contribution in [2.24, 2.45) is 5.92 Å². The number of hydrogen-bond donors (Lipinski definition) is 1. The quantitative estimate of drug-likeness (QED) is 0.931. The maximum atomic E-state index is 5.97. The summed E-state index contributed by atoms with van der Waals surface area (Å²) in [6, 6.07) is 3.74. The highest BCUT2D eigenvalue weighted by atomic mass is 35.5. The van der Waals surface area contributed by atoms with Gasteiger partial charge in [-0.15, -0.1) is 5.10 Å². The van der Waals surface area contributed by atoms with Crippen LogP contribution in [0.25, 0.3) is 5.65 Å². The molecule has 1 aliphatic heterocycles. The molecule has 0 aromatic carbocycles. The van der Waals surface area contributed by atoms with Crippen molar-refractivity contribution in [2.75, 3.05) is 31.6 Å². The molecule has 1 fully saturated rings. The van der Waals surface area contributed by atoms with E-state index in [2.05, 4.69) is 20.3 Å². The highest BCUT2D eigenvalue weighted by Gasteiger charge is 2.22. The lowest BCUT2D eigenvalue weighted by Crippen LogP contribution is -2.39. The molecule has 0 amide bonds. The minimum Gasteiger partial charge on any atom is -0.339 e. The molecule has 1 N–H and O–H groups in total. The first kappa shape index (κ1) is 12.7. The van der Waals surface area contributed by atoms with E-state index in [0.717, 1.165) is 31.2 Å². The Morgan fingerprint density at radius 2 is 2.37 bits per heavy atom. The van der Waals surface area contributed by atoms with E-state index < -0.39 is 0 Å². The van der Waals surface area contributed by atoms with Gasteiger partial charge in [0.05, 0.1) is 5.02 Å². The zero-order valence-corrected chi connectivity index (χ0v) is 11.8. The molecule has 5 nitrogen and oxygen atoms in total. The molecule has 0 aliphatic carbocycles. The summed E-state index contributed by atoms with van der Waals surface area (Å²) in [4.78, 5) is 6.84. The van der Waals surface area contributed by atoms with Crippen molar-refractivity contribution < 1.29 is 0 Å². The molecule has 6 heteroatoms. The van der Waals surface area contributed by atoms with Crippen LogP contribution in [-0.2, 0) is 0 Å². The van der Waals surface area contributed by atoms with E-state index >= 15 is 0 Å². The van der Waals surface area contributed by atoms with Crippen LogP contribution < -0.4 is 10.2 Å². The number of rotatable bonds is 3. The fourth-order valence-corrected chi connectivity index (χ4v) is 2.84. The van der Waals surface area contributed by atoms with Crippen LogP contribution in [0, 0.1) is 5.92 Å². The molecule has 2 aromatic rings. The van der Waals surface area contributed by atoms with Gasteiger partial charge in [0.15, 0.2) is 5.65 Å². The van der Waals surface area contributed by atoms with Crippen molar-refractivity contribution >= 4 is 23.2 Å². The summed E-state index contributed by atoms with van der Waals surface area (Å²) in [5, 5.41) is 8.45. The van der Waals surface area contributed by atoms with Crippen molar-refractivity contribution in [1.29, 1.82) is 0 Å². The summed E-state index contributed by atoms with van der Waals surface area (Å²) in [6.07, 6.45) is 4.27. The largest absolute Gasteiger partial charge is 0.339 e. The third kappa shape index (κ3) is 2.67. The predicted octanol–water partition coefficient (Wildman–Crippen LogP) is 1.82. The average molecular weight is 280 g/mol. The third-order valence-corrected chi connectivity index (χ3v) is 3.80. The number of halogens is 1. The van der Waals surface area contributed by atoms with Crippen LogP contribution in [0.3, 0.4) is 0 Å². The standard InChI is InChI=1S/C13H18ClN5/c1-15-7-10-3-2-6-18(8-10)13-16-12-5-4-11(14)9-19(12)17-13/h4-5,9-10,15H,2-3,6-8H2,1H3. The van der Waals surface area contributed by atoms with E-state index in [1.165, 1.54) is 12.8 Å². The molecule has 3 heterocycles. The van der Waals surface area contributed by atoms with Crippen LogP contribution in [0.1, 0.15) is 12.8 Å². The Labute approximate surface area is 117 Å². The zero-order valence-electron chi connectivity index (χ0n) is 11.0. The van der Waals surface area contributed by atoms with Crippen molar-refractivity contribution in [3.05, 3.63) is 23.4 Å². The first-order valence-corrected chi connectivity index (χ1v) is 7.05. The molecule has 102 valence electrons. The predicted molar refractivity (Wildman–Crippen MR) is 76.9 cm³/mol. The van der Waals surface area contributed by atoms with Crippen LogP contribution in [0.4, 0.5) is 5.95 Å². The van der Waals surface area contributed by atoms with Crippen LogP contribution in [0.15, 0.2) is 18.3 Å². The van der Waals surface area contributed by atoms with Gasteiger partial charge >= 0.3 is 0 Å². The number of aromatic nitrogens is 3. The molecule has 0 bridgehead atoms. The Bertz CT molecular complexity index is 565. The molecular formula is C13H18ClN5. The molecule has 0 saturated carbocycles. The van der Waals surface area contributed by atoms with E-state index in [-0.39, 0.29) is 0 Å². The Hall–Kier alpha value is -1.33. The summed E-state index contributed by atoms with van der Waals surface area (Å²) < 4.78 is 1.75. The van der Waals surface area contributed by atoms with Crippen molar-refractivity contribution in [3.8, 4) is 0 Å². The van der Waals surface area contributed by atoms with E-state index in [1.54, 1.807) is 10.7 Å². The van der Waals surface area contributed by atoms with Gasteiger partial charge in [0.1, 0.15) is 0 Å². The summed E-state index contributed by atoms with van der Waals surface area (Å²) in [5.41, 5.74) is 0.843. The van der Waals surface area contributed by atoms with Gasteiger partial charge in [0.2, 0.25) is 5.95 Å². The lowest BCUT2D eigenvalue weighted by molar-refractivity contribution is 0.399. The number of fused-ring (bicyclic) bond motifs is 1. The number of nitrogens with one attached hydrogen (secondary N) is 1. The second-order valence-electron chi connectivity index (χ2n) is 5.07. The van der Waals surface area contributed by atoms with Crippen LogP contribution in [0.5, 0.6) is 0 Å². The Balaban J connectivity index is 1.83. The Morgan fingerprint density at radius 1 is 1.47 bits per heavy atom. The SMILES string of the molecule is CNCC1CCCN(c2nc3ccc(Cl)cn3n2)C1. The van der Waals surface area contributed by atoms with E-state index in [1.807, 2.05) is 19.2 Å². The highest BCUT2D eigenvalue weighted by molar-refractivity contribution is 6.30. The fraction of sp³-hybridized carbons (Fsp3) is 0.538. The number of pyridine rings is 1. The topological polar surface area (TPSA) is 45.5 Å². The van der Waals surface area contributed by atoms with Crippen LogP contribution in [-0.4, -0.2) is 41.3 Å². The Morgan fingerprint density at radius 3 is 3.21 bits per heavy atom. The monoisotopic (exact) mass is 279 g/mol. The van der Waals surface area contributed by atoms with E-state index in [9.17, 15) is 0 Å². The molecular weight excluding hydrogens is 262 g/mol. The van der Waals surface area contributed by atoms with E-state index in [4.69, 9.17) is 11.6 Å². The average Bonchev–Trinajstić information content (AvgIpc) is 2.82. The molecule has 2 aromatic heterocycles. The van der Waals surface area contributed by atoms with Gasteiger partial charge in [0, 0.05) is 19.3 Å². The van der Waals surface area contributed by atoms with Crippen LogP contribution >= 0.6 is 11.6 Å². The van der Waals surface area contributed by atoms with E-state index in [0.29, 0.717) is 10.9 Å². The molecule has 3 rings (SSSR count). The minimum atomic E-state index is 0.675. The number of hydrogen-bond acceptors (Lipinski definition) is 4. The number of nitrogens with zero attached hydrogens (tertiary/aromatic N) is 4. The maximum absolute atomic E-state index is 5.97. The second kappa shape index (κ2) is 5.35. The maximum Gasteiger partial charge on any atom is 0.245 e. The number of piperidine rings is 1. The van der Waals surface area contributed by atoms with Gasteiger partial charge in [-0.25, -0.2) is 4.52 Å². The third-order valence-electron chi connectivity index (χ3n) is 3.58. The summed E-state index contributed by atoms with van der Waals surface area (Å²) >= 11 is 5.97. The lowest BCUT2D eigenvalue weighted by Gasteiger charge is -2.31. The molecule has 0 spiro atoms. The molecule has 1 atom stereocenters. The molecule has 19 heavy (non-hydrogen) atoms. The fourth-order valence-electron chi connectivity index (χ4n) is 2.68. The first-order chi connectivity index (χ1) is 9.26. The lowest BCUT2D eigenvalue weighted by atomic mass is 9.98. The summed E-state index contributed by atoms with van der Waals surface area (Å²) in [7, 11) is 2.00. The van der Waals surface area contributed by atoms with Gasteiger partial charge in [-0.3, -0.25) is 0 Å². The van der Waals surface area contributed by atoms with Gasteiger partial charge in [-0.2, -0.15) is 4.98 Å². The van der Waals surface area contributed by atoms with Crippen molar-refractivity contribution in [3.63, 3.8) is 0 Å². The normalized spacial score (nSPS) is 20.1. The number of anilines is 1. The second-order valence-corrected chi connectivity index (χ2v) is 5.51. The van der Waals surface area contributed by atoms with Gasteiger partial charge in [-0.1, -0.05) is 11.6 Å². The molecule has 1 aliphatic rings. The minimum absolute atomic E-state index is 0.675.